The van der Waals surface area contributed by atoms with Crippen LogP contribution in [0, 0.1) is 5.82 Å². The summed E-state index contributed by atoms with van der Waals surface area (Å²) in [5.41, 5.74) is 6.20. The zero-order valence-electron chi connectivity index (χ0n) is 11.2. The Balaban J connectivity index is 1.95. The second-order valence-electron chi connectivity index (χ2n) is 5.07. The first-order valence-corrected chi connectivity index (χ1v) is 6.61. The molecule has 1 atom stereocenters. The summed E-state index contributed by atoms with van der Waals surface area (Å²) in [5.74, 6) is -0.759. The van der Waals surface area contributed by atoms with Gasteiger partial charge < -0.3 is 16.0 Å². The molecule has 104 valence electrons. The van der Waals surface area contributed by atoms with E-state index in [4.69, 9.17) is 5.73 Å². The number of likely N-dealkylation sites (tertiary alicyclic amines) is 1. The van der Waals surface area contributed by atoms with Crippen LogP contribution in [-0.4, -0.2) is 37.0 Å². The second-order valence-corrected chi connectivity index (χ2v) is 5.07. The third kappa shape index (κ3) is 3.44. The number of nitrogen functional groups attached to an aromatic ring is 1. The summed E-state index contributed by atoms with van der Waals surface area (Å²) in [5, 5.41) is 2.84. The monoisotopic (exact) mass is 265 g/mol. The maximum Gasteiger partial charge on any atom is 0.253 e. The predicted octanol–water partition coefficient (Wildman–Crippen LogP) is 1.62. The Morgan fingerprint density at radius 2 is 2.32 bits per heavy atom. The van der Waals surface area contributed by atoms with Crippen molar-refractivity contribution in [3.63, 3.8) is 0 Å². The molecule has 19 heavy (non-hydrogen) atoms. The zero-order chi connectivity index (χ0) is 13.8. The molecule has 0 bridgehead atoms. The molecular weight excluding hydrogens is 245 g/mol. The Morgan fingerprint density at radius 3 is 3.05 bits per heavy atom. The summed E-state index contributed by atoms with van der Waals surface area (Å²) in [4.78, 5) is 14.2. The topological polar surface area (TPSA) is 58.4 Å². The van der Waals surface area contributed by atoms with Crippen molar-refractivity contribution in [3.05, 3.63) is 29.6 Å². The van der Waals surface area contributed by atoms with Gasteiger partial charge in [0.05, 0.1) is 5.56 Å². The van der Waals surface area contributed by atoms with Crippen LogP contribution in [0.15, 0.2) is 18.2 Å². The van der Waals surface area contributed by atoms with Crippen LogP contribution in [0.1, 0.15) is 29.6 Å². The molecule has 1 heterocycles. The number of halogens is 1. The van der Waals surface area contributed by atoms with Crippen LogP contribution in [0.5, 0.6) is 0 Å². The molecule has 1 saturated heterocycles. The van der Waals surface area contributed by atoms with Crippen molar-refractivity contribution in [2.24, 2.45) is 0 Å². The molecule has 3 N–H and O–H groups in total. The van der Waals surface area contributed by atoms with Gasteiger partial charge in [-0.15, -0.1) is 0 Å². The molecule has 0 aromatic heterocycles. The van der Waals surface area contributed by atoms with E-state index in [1.54, 1.807) is 0 Å². The van der Waals surface area contributed by atoms with Crippen molar-refractivity contribution in [1.29, 1.82) is 0 Å². The van der Waals surface area contributed by atoms with E-state index in [1.807, 2.05) is 0 Å². The van der Waals surface area contributed by atoms with E-state index in [0.717, 1.165) is 13.0 Å². The Labute approximate surface area is 112 Å². The highest BCUT2D eigenvalue weighted by Crippen LogP contribution is 2.16. The highest BCUT2D eigenvalue weighted by atomic mass is 19.1. The third-order valence-electron chi connectivity index (χ3n) is 3.68. The van der Waals surface area contributed by atoms with Crippen LogP contribution in [0.25, 0.3) is 0 Å². The molecule has 0 aliphatic carbocycles. The number of nitrogens with two attached hydrogens (primary N) is 1. The second kappa shape index (κ2) is 6.02. The number of carbonyl (C=O) groups is 1. The quantitative estimate of drug-likeness (QED) is 0.817. The van der Waals surface area contributed by atoms with Crippen LogP contribution in [0.2, 0.25) is 0 Å². The smallest absolute Gasteiger partial charge is 0.253 e. The zero-order valence-corrected chi connectivity index (χ0v) is 11.2. The van der Waals surface area contributed by atoms with Crippen molar-refractivity contribution >= 4 is 11.6 Å². The van der Waals surface area contributed by atoms with Gasteiger partial charge in [0.2, 0.25) is 0 Å². The number of hydrogen-bond donors (Lipinski definition) is 2. The van der Waals surface area contributed by atoms with Crippen LogP contribution in [0.3, 0.4) is 0 Å². The lowest BCUT2D eigenvalue weighted by Crippen LogP contribution is -2.44. The highest BCUT2D eigenvalue weighted by Gasteiger charge is 2.20. The Kier molecular flexibility index (Phi) is 4.37. The van der Waals surface area contributed by atoms with Gasteiger partial charge in [-0.3, -0.25) is 4.79 Å². The lowest BCUT2D eigenvalue weighted by Gasteiger charge is -2.32. The summed E-state index contributed by atoms with van der Waals surface area (Å²) in [6.07, 6.45) is 3.47. The lowest BCUT2D eigenvalue weighted by molar-refractivity contribution is 0.0929. The molecule has 2 rings (SSSR count). The number of hydrogen-bond acceptors (Lipinski definition) is 3. The average Bonchev–Trinajstić information content (AvgIpc) is 2.40. The van der Waals surface area contributed by atoms with Gasteiger partial charge in [-0.25, -0.2) is 4.39 Å². The third-order valence-corrected chi connectivity index (χ3v) is 3.68. The minimum Gasteiger partial charge on any atom is -0.398 e. The molecule has 1 fully saturated rings. The van der Waals surface area contributed by atoms with Crippen molar-refractivity contribution < 1.29 is 9.18 Å². The SMILES string of the molecule is CN1CCCCC1CNC(=O)c1cc(F)ccc1N. The lowest BCUT2D eigenvalue weighted by atomic mass is 10.0. The molecular formula is C14H20FN3O. The molecule has 0 spiro atoms. The number of nitrogens with one attached hydrogen (secondary N) is 1. The number of nitrogens with zero attached hydrogens (tertiary/aromatic N) is 1. The molecule has 1 aliphatic heterocycles. The standard InChI is InChI=1S/C14H20FN3O/c1-18-7-3-2-4-11(18)9-17-14(19)12-8-10(15)5-6-13(12)16/h5-6,8,11H,2-4,7,9,16H2,1H3,(H,17,19). The van der Waals surface area contributed by atoms with Crippen LogP contribution >= 0.6 is 0 Å². The van der Waals surface area contributed by atoms with Gasteiger partial charge in [0.1, 0.15) is 5.82 Å². The maximum atomic E-state index is 13.1. The highest BCUT2D eigenvalue weighted by molar-refractivity contribution is 5.99. The van der Waals surface area contributed by atoms with Crippen LogP contribution in [0.4, 0.5) is 10.1 Å². The fourth-order valence-electron chi connectivity index (χ4n) is 2.43. The number of amides is 1. The molecule has 1 aliphatic rings. The first-order chi connectivity index (χ1) is 9.08. The first-order valence-electron chi connectivity index (χ1n) is 6.61. The Hall–Kier alpha value is -1.62. The number of piperidine rings is 1. The van der Waals surface area contributed by atoms with Crippen molar-refractivity contribution in [2.75, 3.05) is 25.9 Å². The van der Waals surface area contributed by atoms with E-state index < -0.39 is 5.82 Å². The summed E-state index contributed by atoms with van der Waals surface area (Å²) < 4.78 is 13.1. The van der Waals surface area contributed by atoms with Gasteiger partial charge >= 0.3 is 0 Å². The van der Waals surface area contributed by atoms with E-state index in [2.05, 4.69) is 17.3 Å². The average molecular weight is 265 g/mol. The van der Waals surface area contributed by atoms with E-state index in [0.29, 0.717) is 18.3 Å². The van der Waals surface area contributed by atoms with Crippen LogP contribution in [-0.2, 0) is 0 Å². The molecule has 1 unspecified atom stereocenters. The number of likely N-dealkylation sites (N-methyl/N-ethyl adjacent to an activating group) is 1. The first kappa shape index (κ1) is 13.8. The Bertz CT molecular complexity index is 464. The van der Waals surface area contributed by atoms with E-state index >= 15 is 0 Å². The summed E-state index contributed by atoms with van der Waals surface area (Å²) in [6, 6.07) is 4.19. The molecule has 5 heteroatoms. The molecule has 4 nitrogen and oxygen atoms in total. The number of benzene rings is 1. The van der Waals surface area contributed by atoms with Crippen molar-refractivity contribution in [3.8, 4) is 0 Å². The predicted molar refractivity (Wildman–Crippen MR) is 73.4 cm³/mol. The van der Waals surface area contributed by atoms with Gasteiger partial charge in [-0.2, -0.15) is 0 Å². The van der Waals surface area contributed by atoms with Gasteiger partial charge in [0.25, 0.3) is 5.91 Å². The molecule has 1 amide bonds. The summed E-state index contributed by atoms with van der Waals surface area (Å²) in [6.45, 7) is 1.63. The van der Waals surface area contributed by atoms with E-state index in [1.165, 1.54) is 31.0 Å². The van der Waals surface area contributed by atoms with Crippen molar-refractivity contribution in [2.45, 2.75) is 25.3 Å². The van der Waals surface area contributed by atoms with E-state index in [-0.39, 0.29) is 11.5 Å². The van der Waals surface area contributed by atoms with Crippen LogP contribution < -0.4 is 11.1 Å². The molecule has 0 radical (unpaired) electrons. The fraction of sp³-hybridized carbons (Fsp3) is 0.500. The summed E-state index contributed by atoms with van der Waals surface area (Å²) in [7, 11) is 2.06. The maximum absolute atomic E-state index is 13.1. The normalized spacial score (nSPS) is 20.2. The molecule has 1 aromatic rings. The number of carbonyl (C=O) groups excluding carboxylic acids is 1. The minimum absolute atomic E-state index is 0.207. The minimum atomic E-state index is -0.450. The van der Waals surface area contributed by atoms with Gasteiger partial charge in [-0.1, -0.05) is 6.42 Å². The van der Waals surface area contributed by atoms with Gasteiger partial charge in [0, 0.05) is 18.3 Å². The largest absolute Gasteiger partial charge is 0.398 e. The fourth-order valence-corrected chi connectivity index (χ4v) is 2.43. The van der Waals surface area contributed by atoms with Gasteiger partial charge in [0.15, 0.2) is 0 Å². The molecule has 1 aromatic carbocycles. The van der Waals surface area contributed by atoms with E-state index in [9.17, 15) is 9.18 Å². The Morgan fingerprint density at radius 1 is 1.53 bits per heavy atom. The van der Waals surface area contributed by atoms with Crippen molar-refractivity contribution in [1.82, 2.24) is 10.2 Å². The summed E-state index contributed by atoms with van der Waals surface area (Å²) >= 11 is 0. The number of rotatable bonds is 3. The number of anilines is 1. The molecule has 0 saturated carbocycles. The van der Waals surface area contributed by atoms with Gasteiger partial charge in [-0.05, 0) is 44.6 Å².